The number of hydrazine groups is 1. The number of thiophene rings is 1. The Bertz CT molecular complexity index is 543. The molecule has 2 aromatic heterocycles. The summed E-state index contributed by atoms with van der Waals surface area (Å²) in [6.07, 6.45) is 0. The predicted molar refractivity (Wildman–Crippen MR) is 78.4 cm³/mol. The van der Waals surface area contributed by atoms with Gasteiger partial charge in [-0.3, -0.25) is 0 Å². The molecule has 96 valence electrons. The van der Waals surface area contributed by atoms with Crippen LogP contribution in [0, 0.1) is 0 Å². The van der Waals surface area contributed by atoms with E-state index >= 15 is 0 Å². The lowest BCUT2D eigenvalue weighted by Gasteiger charge is -2.18. The second-order valence-electron chi connectivity index (χ2n) is 3.70. The molecule has 0 saturated carbocycles. The van der Waals surface area contributed by atoms with Gasteiger partial charge < -0.3 is 16.1 Å². The summed E-state index contributed by atoms with van der Waals surface area (Å²) in [6.45, 7) is 0.747. The van der Waals surface area contributed by atoms with Gasteiger partial charge in [-0.25, -0.2) is 5.84 Å². The maximum atomic E-state index is 5.62. The number of hydrogen-bond acceptors (Lipinski definition) is 7. The van der Waals surface area contributed by atoms with E-state index in [0.717, 1.165) is 16.8 Å². The van der Waals surface area contributed by atoms with E-state index in [9.17, 15) is 0 Å². The maximum Gasteiger partial charge on any atom is 0.223 e. The van der Waals surface area contributed by atoms with Crippen LogP contribution in [0.5, 0.6) is 0 Å². The molecule has 0 bridgehead atoms. The average Bonchev–Trinajstić information content (AvgIpc) is 2.73. The number of anilines is 3. The first kappa shape index (κ1) is 13.1. The minimum atomic E-state index is 0.194. The standard InChI is InChI=1S/C10H13BrN6S/c1-17(4-7-2-6(11)5-18-7)9-3-8(16-13)14-10(12)15-9/h2-3,5H,4,13H2,1H3,(H3,12,14,15,16). The molecule has 0 aliphatic carbocycles. The van der Waals surface area contributed by atoms with Crippen LogP contribution >= 0.6 is 27.3 Å². The van der Waals surface area contributed by atoms with Gasteiger partial charge in [-0.05, 0) is 22.0 Å². The van der Waals surface area contributed by atoms with Gasteiger partial charge in [-0.15, -0.1) is 11.3 Å². The van der Waals surface area contributed by atoms with Crippen molar-refractivity contribution in [2.24, 2.45) is 5.84 Å². The zero-order valence-corrected chi connectivity index (χ0v) is 12.1. The summed E-state index contributed by atoms with van der Waals surface area (Å²) in [4.78, 5) is 11.3. The first-order valence-electron chi connectivity index (χ1n) is 5.13. The van der Waals surface area contributed by atoms with Crippen molar-refractivity contribution < 1.29 is 0 Å². The highest BCUT2D eigenvalue weighted by atomic mass is 79.9. The minimum Gasteiger partial charge on any atom is -0.368 e. The maximum absolute atomic E-state index is 5.62. The van der Waals surface area contributed by atoms with E-state index in [-0.39, 0.29) is 5.95 Å². The molecular weight excluding hydrogens is 316 g/mol. The lowest BCUT2D eigenvalue weighted by molar-refractivity contribution is 0.907. The number of halogens is 1. The van der Waals surface area contributed by atoms with Crippen LogP contribution in [0.4, 0.5) is 17.6 Å². The predicted octanol–water partition coefficient (Wildman–Crippen LogP) is 1.80. The molecule has 0 aliphatic heterocycles. The first-order chi connectivity index (χ1) is 8.58. The van der Waals surface area contributed by atoms with Crippen LogP contribution in [0.1, 0.15) is 4.88 Å². The molecule has 2 aromatic rings. The second-order valence-corrected chi connectivity index (χ2v) is 5.61. The van der Waals surface area contributed by atoms with Crippen molar-refractivity contribution in [3.8, 4) is 0 Å². The van der Waals surface area contributed by atoms with Gasteiger partial charge >= 0.3 is 0 Å². The molecule has 8 heteroatoms. The molecule has 0 atom stereocenters. The topological polar surface area (TPSA) is 93.1 Å². The highest BCUT2D eigenvalue weighted by molar-refractivity contribution is 9.10. The Morgan fingerprint density at radius 3 is 2.83 bits per heavy atom. The minimum absolute atomic E-state index is 0.194. The summed E-state index contributed by atoms with van der Waals surface area (Å²) in [5.41, 5.74) is 8.09. The molecule has 0 amide bonds. The van der Waals surface area contributed by atoms with Gasteiger partial charge in [0, 0.05) is 27.8 Å². The van der Waals surface area contributed by atoms with E-state index in [1.54, 1.807) is 17.4 Å². The van der Waals surface area contributed by atoms with Crippen LogP contribution in [0.25, 0.3) is 0 Å². The molecule has 2 rings (SSSR count). The lowest BCUT2D eigenvalue weighted by atomic mass is 10.4. The van der Waals surface area contributed by atoms with Crippen LogP contribution in [-0.2, 0) is 6.54 Å². The molecule has 5 N–H and O–H groups in total. The van der Waals surface area contributed by atoms with Gasteiger partial charge in [0.15, 0.2) is 0 Å². The second kappa shape index (κ2) is 5.51. The van der Waals surface area contributed by atoms with Crippen molar-refractivity contribution in [3.63, 3.8) is 0 Å². The molecule has 0 spiro atoms. The first-order valence-corrected chi connectivity index (χ1v) is 6.81. The zero-order valence-electron chi connectivity index (χ0n) is 9.72. The quantitative estimate of drug-likeness (QED) is 0.585. The van der Waals surface area contributed by atoms with Crippen molar-refractivity contribution in [2.45, 2.75) is 6.54 Å². The van der Waals surface area contributed by atoms with Crippen LogP contribution in [0.2, 0.25) is 0 Å². The van der Waals surface area contributed by atoms with E-state index in [0.29, 0.717) is 5.82 Å². The Hall–Kier alpha value is -1.38. The molecule has 0 unspecified atom stereocenters. The third-order valence-corrected chi connectivity index (χ3v) is 3.97. The number of aromatic nitrogens is 2. The number of rotatable bonds is 4. The lowest BCUT2D eigenvalue weighted by Crippen LogP contribution is -2.19. The normalized spacial score (nSPS) is 10.4. The molecule has 6 nitrogen and oxygen atoms in total. The average molecular weight is 329 g/mol. The molecule has 0 aliphatic rings. The molecule has 0 aromatic carbocycles. The molecule has 0 fully saturated rings. The summed E-state index contributed by atoms with van der Waals surface area (Å²) in [6, 6.07) is 3.83. The fourth-order valence-corrected chi connectivity index (χ4v) is 2.98. The Balaban J connectivity index is 2.17. The van der Waals surface area contributed by atoms with Crippen molar-refractivity contribution in [3.05, 3.63) is 26.9 Å². The van der Waals surface area contributed by atoms with E-state index in [1.807, 2.05) is 17.3 Å². The number of nitrogen functional groups attached to an aromatic ring is 2. The SMILES string of the molecule is CN(Cc1cc(Br)cs1)c1cc(NN)nc(N)n1. The van der Waals surface area contributed by atoms with Gasteiger partial charge in [-0.2, -0.15) is 9.97 Å². The fraction of sp³-hybridized carbons (Fsp3) is 0.200. The van der Waals surface area contributed by atoms with Crippen LogP contribution in [0.15, 0.2) is 22.0 Å². The highest BCUT2D eigenvalue weighted by Gasteiger charge is 2.08. The molecule has 2 heterocycles. The van der Waals surface area contributed by atoms with Gasteiger partial charge in [-0.1, -0.05) is 0 Å². The molecule has 0 saturated heterocycles. The summed E-state index contributed by atoms with van der Waals surface area (Å²) in [5, 5.41) is 2.05. The van der Waals surface area contributed by atoms with Gasteiger partial charge in [0.2, 0.25) is 5.95 Å². The van der Waals surface area contributed by atoms with Crippen molar-refractivity contribution in [2.75, 3.05) is 23.1 Å². The number of nitrogens with two attached hydrogens (primary N) is 2. The zero-order chi connectivity index (χ0) is 13.1. The Kier molecular flexibility index (Phi) is 4.00. The van der Waals surface area contributed by atoms with Crippen molar-refractivity contribution >= 4 is 44.9 Å². The largest absolute Gasteiger partial charge is 0.368 e. The Morgan fingerprint density at radius 1 is 1.44 bits per heavy atom. The smallest absolute Gasteiger partial charge is 0.223 e. The van der Waals surface area contributed by atoms with Gasteiger partial charge in [0.05, 0.1) is 6.54 Å². The number of hydrogen-bond donors (Lipinski definition) is 3. The number of nitrogens with one attached hydrogen (secondary N) is 1. The summed E-state index contributed by atoms with van der Waals surface area (Å²) in [7, 11) is 1.94. The van der Waals surface area contributed by atoms with E-state index < -0.39 is 0 Å². The van der Waals surface area contributed by atoms with Crippen LogP contribution in [-0.4, -0.2) is 17.0 Å². The number of nitrogens with zero attached hydrogens (tertiary/aromatic N) is 3. The summed E-state index contributed by atoms with van der Waals surface area (Å²) < 4.78 is 1.09. The van der Waals surface area contributed by atoms with E-state index in [2.05, 4.69) is 37.4 Å². The van der Waals surface area contributed by atoms with E-state index in [4.69, 9.17) is 11.6 Å². The van der Waals surface area contributed by atoms with E-state index in [1.165, 1.54) is 4.88 Å². The Labute approximate surface area is 117 Å². The fourth-order valence-electron chi connectivity index (χ4n) is 1.47. The van der Waals surface area contributed by atoms with Gasteiger partial charge in [0.25, 0.3) is 0 Å². The monoisotopic (exact) mass is 328 g/mol. The van der Waals surface area contributed by atoms with Crippen LogP contribution in [0.3, 0.4) is 0 Å². The molecule has 0 radical (unpaired) electrons. The molecular formula is C10H13BrN6S. The third kappa shape index (κ3) is 3.09. The summed E-state index contributed by atoms with van der Waals surface area (Å²) in [5.74, 6) is 6.74. The van der Waals surface area contributed by atoms with Crippen molar-refractivity contribution in [1.82, 2.24) is 9.97 Å². The van der Waals surface area contributed by atoms with Crippen LogP contribution < -0.4 is 21.9 Å². The molecule has 18 heavy (non-hydrogen) atoms. The highest BCUT2D eigenvalue weighted by Crippen LogP contribution is 2.23. The van der Waals surface area contributed by atoms with Gasteiger partial charge in [0.1, 0.15) is 11.6 Å². The van der Waals surface area contributed by atoms with Crippen molar-refractivity contribution in [1.29, 1.82) is 0 Å². The summed E-state index contributed by atoms with van der Waals surface area (Å²) >= 11 is 5.12. The third-order valence-electron chi connectivity index (χ3n) is 2.28. The Morgan fingerprint density at radius 2 is 2.22 bits per heavy atom.